The Balaban J connectivity index is 1.48. The number of furan rings is 2. The van der Waals surface area contributed by atoms with Gasteiger partial charge in [0.2, 0.25) is 11.8 Å². The lowest BCUT2D eigenvalue weighted by Gasteiger charge is -2.06. The van der Waals surface area contributed by atoms with Crippen LogP contribution in [0.2, 0.25) is 0 Å². The van der Waals surface area contributed by atoms with Crippen LogP contribution in [0.5, 0.6) is 0 Å². The summed E-state index contributed by atoms with van der Waals surface area (Å²) < 4.78 is 10.9. The quantitative estimate of drug-likeness (QED) is 0.648. The van der Waals surface area contributed by atoms with Crippen LogP contribution in [0, 0.1) is 13.8 Å². The monoisotopic (exact) mass is 346 g/mol. The smallest absolute Gasteiger partial charge is 0.220 e. The molecule has 6 heteroatoms. The molecule has 0 spiro atoms. The minimum atomic E-state index is -0.00595. The second-order valence-corrected chi connectivity index (χ2v) is 6.08. The zero-order valence-electron chi connectivity index (χ0n) is 14.9. The molecule has 0 aliphatic rings. The van der Waals surface area contributed by atoms with E-state index < -0.39 is 0 Å². The van der Waals surface area contributed by atoms with Crippen molar-refractivity contribution in [2.45, 2.75) is 46.0 Å². The van der Waals surface area contributed by atoms with E-state index in [-0.39, 0.29) is 11.8 Å². The van der Waals surface area contributed by atoms with Crippen LogP contribution in [-0.2, 0) is 22.4 Å². The summed E-state index contributed by atoms with van der Waals surface area (Å²) in [5.41, 5.74) is 0. The maximum Gasteiger partial charge on any atom is 0.220 e. The maximum absolute atomic E-state index is 11.7. The maximum atomic E-state index is 11.7. The van der Waals surface area contributed by atoms with Crippen LogP contribution in [0.3, 0.4) is 0 Å². The van der Waals surface area contributed by atoms with Crippen LogP contribution in [0.1, 0.15) is 42.3 Å². The van der Waals surface area contributed by atoms with Crippen molar-refractivity contribution < 1.29 is 18.4 Å². The number of hydrogen-bond donors (Lipinski definition) is 2. The van der Waals surface area contributed by atoms with E-state index >= 15 is 0 Å². The fourth-order valence-electron chi connectivity index (χ4n) is 2.43. The minimum absolute atomic E-state index is 0.00595. The highest BCUT2D eigenvalue weighted by Gasteiger charge is 2.06. The Morgan fingerprint density at radius 3 is 1.60 bits per heavy atom. The largest absolute Gasteiger partial charge is 0.466 e. The predicted molar refractivity (Wildman–Crippen MR) is 94.2 cm³/mol. The Labute approximate surface area is 148 Å². The Morgan fingerprint density at radius 1 is 0.800 bits per heavy atom. The van der Waals surface area contributed by atoms with Crippen LogP contribution in [-0.4, -0.2) is 24.9 Å². The van der Waals surface area contributed by atoms with Gasteiger partial charge in [-0.25, -0.2) is 0 Å². The van der Waals surface area contributed by atoms with Gasteiger partial charge in [0.1, 0.15) is 23.0 Å². The molecule has 2 heterocycles. The van der Waals surface area contributed by atoms with Crippen LogP contribution < -0.4 is 10.6 Å². The van der Waals surface area contributed by atoms with Crippen LogP contribution in [0.25, 0.3) is 0 Å². The Bertz CT molecular complexity index is 629. The summed E-state index contributed by atoms with van der Waals surface area (Å²) in [6.07, 6.45) is 2.71. The van der Waals surface area contributed by atoms with E-state index in [2.05, 4.69) is 10.6 Å². The van der Waals surface area contributed by atoms with Gasteiger partial charge in [0.25, 0.3) is 0 Å². The highest BCUT2D eigenvalue weighted by molar-refractivity contribution is 5.76. The lowest BCUT2D eigenvalue weighted by Crippen LogP contribution is -2.30. The number of aryl methyl sites for hydroxylation is 4. The molecular weight excluding hydrogens is 320 g/mol. The fraction of sp³-hybridized carbons (Fsp3) is 0.474. The number of rotatable bonds is 10. The Morgan fingerprint density at radius 2 is 1.24 bits per heavy atom. The van der Waals surface area contributed by atoms with Crippen molar-refractivity contribution in [2.24, 2.45) is 0 Å². The molecule has 0 atom stereocenters. The van der Waals surface area contributed by atoms with Gasteiger partial charge in [0.15, 0.2) is 0 Å². The normalized spacial score (nSPS) is 10.6. The van der Waals surface area contributed by atoms with Crippen molar-refractivity contribution in [2.75, 3.05) is 13.1 Å². The summed E-state index contributed by atoms with van der Waals surface area (Å²) in [6.45, 7) is 4.86. The van der Waals surface area contributed by atoms with E-state index in [0.29, 0.717) is 45.2 Å². The van der Waals surface area contributed by atoms with Crippen molar-refractivity contribution in [3.63, 3.8) is 0 Å². The molecule has 2 aromatic rings. The first-order valence-electron chi connectivity index (χ1n) is 8.67. The molecule has 2 amide bonds. The third-order valence-corrected chi connectivity index (χ3v) is 3.79. The van der Waals surface area contributed by atoms with Crippen molar-refractivity contribution in [3.05, 3.63) is 47.3 Å². The SMILES string of the molecule is Cc1ccc(CCC(=O)NCCCNC(=O)CCc2ccc(C)o2)o1. The third kappa shape index (κ3) is 7.28. The number of carbonyl (C=O) groups excluding carboxylic acids is 2. The van der Waals surface area contributed by atoms with E-state index in [9.17, 15) is 9.59 Å². The van der Waals surface area contributed by atoms with Gasteiger partial charge >= 0.3 is 0 Å². The first kappa shape index (κ1) is 18.8. The zero-order chi connectivity index (χ0) is 18.1. The van der Waals surface area contributed by atoms with Crippen LogP contribution in [0.4, 0.5) is 0 Å². The molecule has 0 fully saturated rings. The Hall–Kier alpha value is -2.50. The predicted octanol–water partition coefficient (Wildman–Crippen LogP) is 2.68. The molecule has 0 radical (unpaired) electrons. The van der Waals surface area contributed by atoms with Crippen LogP contribution in [0.15, 0.2) is 33.1 Å². The topological polar surface area (TPSA) is 84.5 Å². The second-order valence-electron chi connectivity index (χ2n) is 6.08. The summed E-state index contributed by atoms with van der Waals surface area (Å²) in [5, 5.41) is 5.69. The van der Waals surface area contributed by atoms with Gasteiger partial charge in [0, 0.05) is 38.8 Å². The Kier molecular flexibility index (Phi) is 7.32. The highest BCUT2D eigenvalue weighted by atomic mass is 16.3. The number of nitrogens with one attached hydrogen (secondary N) is 2. The van der Waals surface area contributed by atoms with Gasteiger partial charge in [-0.3, -0.25) is 9.59 Å². The van der Waals surface area contributed by atoms with Crippen molar-refractivity contribution in [1.82, 2.24) is 10.6 Å². The molecule has 6 nitrogen and oxygen atoms in total. The third-order valence-electron chi connectivity index (χ3n) is 3.79. The van der Waals surface area contributed by atoms with E-state index in [4.69, 9.17) is 8.83 Å². The summed E-state index contributed by atoms with van der Waals surface area (Å²) in [6, 6.07) is 7.57. The molecule has 0 aromatic carbocycles. The first-order chi connectivity index (χ1) is 12.0. The van der Waals surface area contributed by atoms with E-state index in [1.54, 1.807) is 0 Å². The van der Waals surface area contributed by atoms with Gasteiger partial charge in [-0.2, -0.15) is 0 Å². The van der Waals surface area contributed by atoms with E-state index in [0.717, 1.165) is 23.0 Å². The average molecular weight is 346 g/mol. The summed E-state index contributed by atoms with van der Waals surface area (Å²) in [5.74, 6) is 3.35. The molecule has 0 saturated carbocycles. The summed E-state index contributed by atoms with van der Waals surface area (Å²) in [7, 11) is 0. The molecule has 2 rings (SSSR count). The molecule has 0 bridgehead atoms. The van der Waals surface area contributed by atoms with Crippen molar-refractivity contribution in [3.8, 4) is 0 Å². The molecule has 2 aromatic heterocycles. The molecule has 25 heavy (non-hydrogen) atoms. The van der Waals surface area contributed by atoms with Crippen molar-refractivity contribution >= 4 is 11.8 Å². The highest BCUT2D eigenvalue weighted by Crippen LogP contribution is 2.09. The van der Waals surface area contributed by atoms with Gasteiger partial charge in [-0.1, -0.05) is 0 Å². The second kappa shape index (κ2) is 9.71. The lowest BCUT2D eigenvalue weighted by atomic mass is 10.2. The number of amides is 2. The van der Waals surface area contributed by atoms with Crippen molar-refractivity contribution in [1.29, 1.82) is 0 Å². The van der Waals surface area contributed by atoms with E-state index in [1.165, 1.54) is 0 Å². The van der Waals surface area contributed by atoms with E-state index in [1.807, 2.05) is 38.1 Å². The lowest BCUT2D eigenvalue weighted by molar-refractivity contribution is -0.121. The standard InChI is InChI=1S/C19H26N2O4/c1-14-4-6-16(24-14)8-10-18(22)20-12-3-13-21-19(23)11-9-17-7-5-15(2)25-17/h4-7H,3,8-13H2,1-2H3,(H,20,22)(H,21,23). The molecule has 0 unspecified atom stereocenters. The molecule has 2 N–H and O–H groups in total. The van der Waals surface area contributed by atoms with Gasteiger partial charge in [-0.15, -0.1) is 0 Å². The number of carbonyl (C=O) groups is 2. The zero-order valence-corrected chi connectivity index (χ0v) is 14.9. The van der Waals surface area contributed by atoms with Gasteiger partial charge < -0.3 is 19.5 Å². The molecule has 0 aliphatic heterocycles. The average Bonchev–Trinajstić information content (AvgIpc) is 3.19. The summed E-state index contributed by atoms with van der Waals surface area (Å²) >= 11 is 0. The fourth-order valence-corrected chi connectivity index (χ4v) is 2.43. The summed E-state index contributed by atoms with van der Waals surface area (Å²) in [4.78, 5) is 23.5. The molecule has 0 saturated heterocycles. The van der Waals surface area contributed by atoms with Gasteiger partial charge in [0.05, 0.1) is 0 Å². The first-order valence-corrected chi connectivity index (χ1v) is 8.67. The van der Waals surface area contributed by atoms with Gasteiger partial charge in [-0.05, 0) is 44.5 Å². The molecular formula is C19H26N2O4. The van der Waals surface area contributed by atoms with Crippen LogP contribution >= 0.6 is 0 Å². The minimum Gasteiger partial charge on any atom is -0.466 e. The molecule has 136 valence electrons. The number of hydrogen-bond acceptors (Lipinski definition) is 4. The molecule has 0 aliphatic carbocycles.